The van der Waals surface area contributed by atoms with Crippen molar-refractivity contribution >= 4 is 11.6 Å². The van der Waals surface area contributed by atoms with Crippen LogP contribution < -0.4 is 0 Å². The van der Waals surface area contributed by atoms with E-state index in [1.165, 1.54) is 0 Å². The van der Waals surface area contributed by atoms with Crippen LogP contribution in [0.5, 0.6) is 0 Å². The maximum Gasteiger partial charge on any atom is 0.135 e. The standard InChI is InChI=1S/C42H64O11.C12H6/c1-21-12-30-8-10-33-22(2)13-29(48-33)7-6-26(44)17-35-23(3)14-39-42(53-35)40(47)41-34(51-39)11-9-31(50-41)15-27(45)16-32-25(5)36(18-28(46)20-43)52-38(32)19-37(49-30)24(21)4;1-3-5-7-9-11-12-10-8-6-4-2/h21,23,25,28-43,46-47H,2,4,6-20H2,1,3,5H3;1-2H3/t21-,23-,25-,28?,29+,30+,31?,32-,33+,34+,35-,36?,37?,38+,39+,40+,41+,42-;/m1./s1. The number of aliphatic hydroxyl groups excluding tert-OH is 3. The van der Waals surface area contributed by atoms with Crippen molar-refractivity contribution < 1.29 is 53.3 Å². The number of hydrogen-bond donors (Lipinski definition) is 3. The first-order valence-electron chi connectivity index (χ1n) is 23.9. The first-order valence-corrected chi connectivity index (χ1v) is 23.9. The maximum atomic E-state index is 13.9. The van der Waals surface area contributed by atoms with E-state index in [1.54, 1.807) is 13.8 Å². The fourth-order valence-electron chi connectivity index (χ4n) is 10.9. The van der Waals surface area contributed by atoms with Crippen molar-refractivity contribution in [2.24, 2.45) is 23.7 Å². The molecule has 7 saturated heterocycles. The number of fused-ring (bicyclic) bond motifs is 7. The van der Waals surface area contributed by atoms with E-state index in [0.29, 0.717) is 51.4 Å². The highest BCUT2D eigenvalue weighted by Gasteiger charge is 2.53. The third-order valence-corrected chi connectivity index (χ3v) is 14.6. The van der Waals surface area contributed by atoms with Crippen molar-refractivity contribution in [3.8, 4) is 59.2 Å². The molecule has 18 atom stereocenters. The van der Waals surface area contributed by atoms with Gasteiger partial charge >= 0.3 is 0 Å². The van der Waals surface area contributed by atoms with Crippen molar-refractivity contribution in [1.82, 2.24) is 0 Å². The van der Waals surface area contributed by atoms with Crippen LogP contribution in [0.1, 0.15) is 125 Å². The van der Waals surface area contributed by atoms with Crippen LogP contribution in [0, 0.1) is 82.9 Å². The van der Waals surface area contributed by atoms with E-state index in [1.807, 2.05) is 0 Å². The van der Waals surface area contributed by atoms with Gasteiger partial charge < -0.3 is 43.7 Å². The largest absolute Gasteiger partial charge is 0.394 e. The summed E-state index contributed by atoms with van der Waals surface area (Å²) in [5.74, 6) is 26.0. The molecule has 65 heavy (non-hydrogen) atoms. The Balaban J connectivity index is 0.000000512. The van der Waals surface area contributed by atoms with Crippen LogP contribution in [-0.2, 0) is 38.0 Å². The van der Waals surface area contributed by atoms with Gasteiger partial charge in [-0.25, -0.2) is 0 Å². The van der Waals surface area contributed by atoms with Crippen LogP contribution in [0.3, 0.4) is 0 Å². The Morgan fingerprint density at radius 2 is 1.28 bits per heavy atom. The number of ketones is 2. The highest BCUT2D eigenvalue weighted by atomic mass is 16.6. The topological polar surface area (TPSA) is 150 Å². The molecule has 7 aliphatic heterocycles. The summed E-state index contributed by atoms with van der Waals surface area (Å²) >= 11 is 0. The molecule has 0 aromatic heterocycles. The number of carbonyl (C=O) groups is 2. The van der Waals surface area contributed by atoms with Crippen LogP contribution in [0.15, 0.2) is 24.3 Å². The molecule has 7 rings (SSSR count). The van der Waals surface area contributed by atoms with E-state index < -0.39 is 24.4 Å². The summed E-state index contributed by atoms with van der Waals surface area (Å²) in [5, 5.41) is 31.6. The highest BCUT2D eigenvalue weighted by Crippen LogP contribution is 2.44. The third-order valence-electron chi connectivity index (χ3n) is 14.6. The highest BCUT2D eigenvalue weighted by molar-refractivity contribution is 5.79. The molecule has 7 heterocycles. The van der Waals surface area contributed by atoms with Crippen molar-refractivity contribution in [3.63, 3.8) is 0 Å². The zero-order valence-electron chi connectivity index (χ0n) is 39.0. The van der Waals surface area contributed by atoms with Gasteiger partial charge in [-0.3, -0.25) is 9.59 Å². The van der Waals surface area contributed by atoms with Gasteiger partial charge in [-0.15, -0.1) is 0 Å². The van der Waals surface area contributed by atoms with E-state index in [-0.39, 0.29) is 116 Å². The summed E-state index contributed by atoms with van der Waals surface area (Å²) in [4.78, 5) is 27.2. The molecule has 8 bridgehead atoms. The van der Waals surface area contributed by atoms with Gasteiger partial charge in [0.15, 0.2) is 0 Å². The molecule has 0 aliphatic carbocycles. The van der Waals surface area contributed by atoms with Crippen LogP contribution in [0.2, 0.25) is 0 Å². The van der Waals surface area contributed by atoms with Gasteiger partial charge in [-0.2, -0.15) is 0 Å². The number of carbonyl (C=O) groups excluding carboxylic acids is 2. The van der Waals surface area contributed by atoms with Gasteiger partial charge in [-0.1, -0.05) is 45.8 Å². The SMILES string of the molecule is C=C1C2C[C@@H]3OC(CC(O)CO)[C@H](C)[C@H]3CC(=O)CC3CC[C@@H]4O[C@H]5C[C@@H](C)[C@@H](CC(=O)CC[C@H]6CC(=C)[C@H](CC[C@@H](C[C@H]1C)O2)O6)O[C@H]5[C@@H](O)[C@H]4O3.CC#CC#CC#CC#CC#CC. The lowest BCUT2D eigenvalue weighted by atomic mass is 9.78. The molecular weight excluding hydrogens is 825 g/mol. The summed E-state index contributed by atoms with van der Waals surface area (Å²) in [7, 11) is 0. The molecule has 7 aliphatic rings. The molecule has 7 fully saturated rings. The third kappa shape index (κ3) is 13.7. The summed E-state index contributed by atoms with van der Waals surface area (Å²) in [6, 6.07) is 0. The molecule has 0 spiro atoms. The van der Waals surface area contributed by atoms with Crippen LogP contribution in [0.25, 0.3) is 0 Å². The second-order valence-corrected chi connectivity index (χ2v) is 19.3. The first-order chi connectivity index (χ1) is 31.3. The summed E-state index contributed by atoms with van der Waals surface area (Å²) in [5.41, 5.74) is 2.10. The number of Topliss-reactive ketones (excluding diaryl/α,β-unsaturated/α-hetero) is 2. The molecule has 0 aromatic rings. The second kappa shape index (κ2) is 24.3. The fraction of sp³-hybridized carbons (Fsp3) is 0.704. The van der Waals surface area contributed by atoms with Gasteiger partial charge in [0.1, 0.15) is 29.9 Å². The lowest BCUT2D eigenvalue weighted by molar-refractivity contribution is -0.298. The normalized spacial score (nSPS) is 39.8. The van der Waals surface area contributed by atoms with Crippen molar-refractivity contribution in [3.05, 3.63) is 24.3 Å². The molecule has 11 heteroatoms. The Bertz CT molecular complexity index is 1980. The molecule has 11 nitrogen and oxygen atoms in total. The molecule has 352 valence electrons. The number of aliphatic hydroxyl groups is 3. The molecule has 0 amide bonds. The first kappa shape index (κ1) is 50.7. The summed E-state index contributed by atoms with van der Waals surface area (Å²) < 4.78 is 39.3. The monoisotopic (exact) mass is 894 g/mol. The molecule has 3 N–H and O–H groups in total. The molecule has 0 radical (unpaired) electrons. The molecule has 4 unspecified atom stereocenters. The van der Waals surface area contributed by atoms with Crippen LogP contribution in [-0.4, -0.2) is 119 Å². The van der Waals surface area contributed by atoms with Gasteiger partial charge in [0.05, 0.1) is 73.8 Å². The van der Waals surface area contributed by atoms with Crippen molar-refractivity contribution in [1.29, 1.82) is 0 Å². The Hall–Kier alpha value is -3.74. The zero-order chi connectivity index (χ0) is 46.6. The number of rotatable bonds is 3. The van der Waals surface area contributed by atoms with Crippen molar-refractivity contribution in [2.45, 2.75) is 210 Å². The zero-order valence-corrected chi connectivity index (χ0v) is 39.0. The average Bonchev–Trinajstić information content (AvgIpc) is 3.78. The van der Waals surface area contributed by atoms with Gasteiger partial charge in [0.2, 0.25) is 0 Å². The smallest absolute Gasteiger partial charge is 0.135 e. The van der Waals surface area contributed by atoms with Crippen LogP contribution >= 0.6 is 0 Å². The number of ether oxygens (including phenoxy) is 6. The molecular formula is C54H70O11. The van der Waals surface area contributed by atoms with E-state index in [2.05, 4.69) is 93.1 Å². The van der Waals surface area contributed by atoms with Crippen molar-refractivity contribution in [2.75, 3.05) is 6.61 Å². The van der Waals surface area contributed by atoms with Gasteiger partial charge in [-0.05, 0) is 147 Å². The lowest BCUT2D eigenvalue weighted by Gasteiger charge is -2.52. The maximum absolute atomic E-state index is 13.9. The minimum Gasteiger partial charge on any atom is -0.394 e. The Morgan fingerprint density at radius 1 is 0.631 bits per heavy atom. The van der Waals surface area contributed by atoms with E-state index in [9.17, 15) is 24.9 Å². The van der Waals surface area contributed by atoms with Gasteiger partial charge in [0.25, 0.3) is 0 Å². The fourth-order valence-corrected chi connectivity index (χ4v) is 10.9. The van der Waals surface area contributed by atoms with E-state index >= 15 is 0 Å². The van der Waals surface area contributed by atoms with Gasteiger partial charge in [0, 0.05) is 38.5 Å². The Morgan fingerprint density at radius 3 is 1.97 bits per heavy atom. The predicted octanol–water partition coefficient (Wildman–Crippen LogP) is 5.60. The summed E-state index contributed by atoms with van der Waals surface area (Å²) in [6.45, 7) is 18.2. The summed E-state index contributed by atoms with van der Waals surface area (Å²) in [6.07, 6.45) is 2.80. The van der Waals surface area contributed by atoms with E-state index in [0.717, 1.165) is 36.8 Å². The lowest BCUT2D eigenvalue weighted by Crippen LogP contribution is -2.64. The predicted molar refractivity (Wildman–Crippen MR) is 245 cm³/mol. The number of hydrogen-bond acceptors (Lipinski definition) is 11. The van der Waals surface area contributed by atoms with E-state index in [4.69, 9.17) is 28.4 Å². The minimum atomic E-state index is -0.924. The average molecular weight is 895 g/mol. The molecule has 0 saturated carbocycles. The quantitative estimate of drug-likeness (QED) is 0.240. The van der Waals surface area contributed by atoms with Crippen LogP contribution in [0.4, 0.5) is 0 Å². The Kier molecular flexibility index (Phi) is 19.0. The second-order valence-electron chi connectivity index (χ2n) is 19.3. The minimum absolute atomic E-state index is 0.0148. The Labute approximate surface area is 387 Å². The molecule has 0 aromatic carbocycles.